The van der Waals surface area contributed by atoms with Gasteiger partial charge in [-0.15, -0.1) is 0 Å². The number of hydrogen-bond donors (Lipinski definition) is 1. The van der Waals surface area contributed by atoms with E-state index in [-0.39, 0.29) is 11.8 Å². The van der Waals surface area contributed by atoms with Gasteiger partial charge in [-0.1, -0.05) is 0 Å². The van der Waals surface area contributed by atoms with Crippen LogP contribution in [0.15, 0.2) is 12.1 Å². The molecule has 1 aliphatic rings. The van der Waals surface area contributed by atoms with Crippen molar-refractivity contribution in [2.45, 2.75) is 18.9 Å². The molecule has 1 N–H and O–H groups in total. The summed E-state index contributed by atoms with van der Waals surface area (Å²) in [6.07, 6.45) is 1.96. The van der Waals surface area contributed by atoms with Crippen molar-refractivity contribution in [3.05, 3.63) is 29.3 Å². The zero-order chi connectivity index (χ0) is 10.8. The van der Waals surface area contributed by atoms with Crippen molar-refractivity contribution < 1.29 is 13.5 Å². The van der Waals surface area contributed by atoms with E-state index in [1.807, 2.05) is 0 Å². The van der Waals surface area contributed by atoms with Crippen LogP contribution in [0.25, 0.3) is 0 Å². The number of rotatable bonds is 2. The molecular weight excluding hydrogens is 200 g/mol. The number of nitrogens with one attached hydrogen (secondary N) is 1. The molecule has 0 radical (unpaired) electrons. The maximum absolute atomic E-state index is 13.4. The molecule has 1 saturated heterocycles. The minimum absolute atomic E-state index is 0.0694. The fraction of sp³-hybridized carbons (Fsp3) is 0.455. The molecule has 0 spiro atoms. The van der Waals surface area contributed by atoms with Gasteiger partial charge in [0.05, 0.1) is 7.11 Å². The monoisotopic (exact) mass is 213 g/mol. The molecule has 0 bridgehead atoms. The normalized spacial score (nSPS) is 20.6. The van der Waals surface area contributed by atoms with Crippen LogP contribution < -0.4 is 10.1 Å². The maximum atomic E-state index is 13.4. The quantitative estimate of drug-likeness (QED) is 0.814. The SMILES string of the molecule is COc1c(F)cc([C@H]2CCCN2)cc1F. The van der Waals surface area contributed by atoms with Crippen molar-refractivity contribution >= 4 is 0 Å². The van der Waals surface area contributed by atoms with Gasteiger partial charge in [-0.05, 0) is 37.1 Å². The zero-order valence-electron chi connectivity index (χ0n) is 8.52. The minimum Gasteiger partial charge on any atom is -0.491 e. The number of halogens is 2. The van der Waals surface area contributed by atoms with E-state index < -0.39 is 11.6 Å². The van der Waals surface area contributed by atoms with Gasteiger partial charge in [-0.2, -0.15) is 0 Å². The summed E-state index contributed by atoms with van der Waals surface area (Å²) in [6, 6.07) is 2.75. The lowest BCUT2D eigenvalue weighted by Gasteiger charge is -2.12. The molecule has 82 valence electrons. The highest BCUT2D eigenvalue weighted by Gasteiger charge is 2.20. The lowest BCUT2D eigenvalue weighted by atomic mass is 10.0. The molecule has 0 saturated carbocycles. The van der Waals surface area contributed by atoms with Crippen molar-refractivity contribution in [3.8, 4) is 5.75 Å². The first kappa shape index (κ1) is 10.4. The molecule has 0 amide bonds. The molecule has 0 aliphatic carbocycles. The first-order chi connectivity index (χ1) is 7.22. The molecule has 0 unspecified atom stereocenters. The average Bonchev–Trinajstić information content (AvgIpc) is 2.69. The van der Waals surface area contributed by atoms with E-state index >= 15 is 0 Å². The summed E-state index contributed by atoms with van der Waals surface area (Å²) in [4.78, 5) is 0. The molecule has 1 fully saturated rings. The van der Waals surface area contributed by atoms with Gasteiger partial charge in [-0.3, -0.25) is 0 Å². The third-order valence-electron chi connectivity index (χ3n) is 2.69. The Hall–Kier alpha value is -1.16. The fourth-order valence-corrected chi connectivity index (χ4v) is 1.94. The van der Waals surface area contributed by atoms with Crippen molar-refractivity contribution in [2.75, 3.05) is 13.7 Å². The Morgan fingerprint density at radius 3 is 2.47 bits per heavy atom. The van der Waals surface area contributed by atoms with Crippen LogP contribution in [-0.2, 0) is 0 Å². The molecule has 0 aromatic heterocycles. The highest BCUT2D eigenvalue weighted by atomic mass is 19.1. The van der Waals surface area contributed by atoms with Crippen LogP contribution in [-0.4, -0.2) is 13.7 Å². The summed E-state index contributed by atoms with van der Waals surface area (Å²) in [5.41, 5.74) is 0.656. The number of hydrogen-bond acceptors (Lipinski definition) is 2. The Bertz CT molecular complexity index is 339. The topological polar surface area (TPSA) is 21.3 Å². The summed E-state index contributed by atoms with van der Waals surface area (Å²) in [7, 11) is 1.26. The van der Waals surface area contributed by atoms with Crippen molar-refractivity contribution in [1.82, 2.24) is 5.32 Å². The Kier molecular flexibility index (Phi) is 2.86. The third kappa shape index (κ3) is 1.95. The third-order valence-corrected chi connectivity index (χ3v) is 2.69. The van der Waals surface area contributed by atoms with E-state index in [0.29, 0.717) is 5.56 Å². The second kappa shape index (κ2) is 4.14. The summed E-state index contributed by atoms with van der Waals surface area (Å²) in [6.45, 7) is 0.903. The fourth-order valence-electron chi connectivity index (χ4n) is 1.94. The van der Waals surface area contributed by atoms with Gasteiger partial charge in [0.2, 0.25) is 0 Å². The zero-order valence-corrected chi connectivity index (χ0v) is 8.52. The van der Waals surface area contributed by atoms with Crippen LogP contribution in [0.2, 0.25) is 0 Å². The molecule has 1 aromatic rings. The first-order valence-corrected chi connectivity index (χ1v) is 4.98. The lowest BCUT2D eigenvalue weighted by molar-refractivity contribution is 0.358. The van der Waals surface area contributed by atoms with Crippen molar-refractivity contribution in [3.63, 3.8) is 0 Å². The van der Waals surface area contributed by atoms with E-state index in [9.17, 15) is 8.78 Å². The predicted octanol–water partition coefficient (Wildman–Crippen LogP) is 2.40. The molecule has 1 atom stereocenters. The van der Waals surface area contributed by atoms with E-state index in [2.05, 4.69) is 10.1 Å². The van der Waals surface area contributed by atoms with Crippen LogP contribution in [0.1, 0.15) is 24.4 Å². The van der Waals surface area contributed by atoms with Gasteiger partial charge < -0.3 is 10.1 Å². The number of ether oxygens (including phenoxy) is 1. The summed E-state index contributed by atoms with van der Waals surface area (Å²) in [5, 5.41) is 3.19. The van der Waals surface area contributed by atoms with Crippen LogP contribution in [0.5, 0.6) is 5.75 Å². The number of methoxy groups -OCH3 is 1. The highest BCUT2D eigenvalue weighted by Crippen LogP contribution is 2.29. The van der Waals surface area contributed by atoms with Gasteiger partial charge in [0.15, 0.2) is 17.4 Å². The van der Waals surface area contributed by atoms with Gasteiger partial charge in [0, 0.05) is 6.04 Å². The Morgan fingerprint density at radius 2 is 2.00 bits per heavy atom. The van der Waals surface area contributed by atoms with Crippen LogP contribution >= 0.6 is 0 Å². The Morgan fingerprint density at radius 1 is 1.33 bits per heavy atom. The predicted molar refractivity (Wildman–Crippen MR) is 52.9 cm³/mol. The van der Waals surface area contributed by atoms with Gasteiger partial charge in [0.25, 0.3) is 0 Å². The minimum atomic E-state index is -0.638. The molecule has 1 aromatic carbocycles. The van der Waals surface area contributed by atoms with E-state index in [1.54, 1.807) is 0 Å². The van der Waals surface area contributed by atoms with E-state index in [4.69, 9.17) is 0 Å². The van der Waals surface area contributed by atoms with Crippen LogP contribution in [0.4, 0.5) is 8.78 Å². The molecule has 15 heavy (non-hydrogen) atoms. The van der Waals surface area contributed by atoms with Crippen LogP contribution in [0, 0.1) is 11.6 Å². The molecule has 1 aliphatic heterocycles. The standard InChI is InChI=1S/C11H13F2NO/c1-15-11-8(12)5-7(6-9(11)13)10-3-2-4-14-10/h5-6,10,14H,2-4H2,1H3/t10-/m1/s1. The first-order valence-electron chi connectivity index (χ1n) is 4.98. The summed E-state index contributed by atoms with van der Waals surface area (Å²) >= 11 is 0. The van der Waals surface area contributed by atoms with Crippen molar-refractivity contribution in [2.24, 2.45) is 0 Å². The smallest absolute Gasteiger partial charge is 0.190 e. The average molecular weight is 213 g/mol. The molecular formula is C11H13F2NO. The Balaban J connectivity index is 2.33. The van der Waals surface area contributed by atoms with Gasteiger partial charge in [-0.25, -0.2) is 8.78 Å². The van der Waals surface area contributed by atoms with E-state index in [1.165, 1.54) is 19.2 Å². The lowest BCUT2D eigenvalue weighted by Crippen LogP contribution is -2.13. The largest absolute Gasteiger partial charge is 0.491 e. The van der Waals surface area contributed by atoms with Crippen LogP contribution in [0.3, 0.4) is 0 Å². The van der Waals surface area contributed by atoms with Gasteiger partial charge in [0.1, 0.15) is 0 Å². The molecule has 1 heterocycles. The summed E-state index contributed by atoms with van der Waals surface area (Å²) < 4.78 is 31.4. The van der Waals surface area contributed by atoms with E-state index in [0.717, 1.165) is 19.4 Å². The summed E-state index contributed by atoms with van der Waals surface area (Å²) in [5.74, 6) is -1.58. The van der Waals surface area contributed by atoms with Gasteiger partial charge >= 0.3 is 0 Å². The second-order valence-corrected chi connectivity index (χ2v) is 3.67. The van der Waals surface area contributed by atoms with Crippen molar-refractivity contribution in [1.29, 1.82) is 0 Å². The molecule has 2 nitrogen and oxygen atoms in total. The highest BCUT2D eigenvalue weighted by molar-refractivity contribution is 5.33. The maximum Gasteiger partial charge on any atom is 0.190 e. The molecule has 4 heteroatoms. The second-order valence-electron chi connectivity index (χ2n) is 3.67. The molecule has 2 rings (SSSR count). The Labute approximate surface area is 87.2 Å². The number of benzene rings is 1.